The molecule has 1 aliphatic heterocycles. The molecule has 0 saturated carbocycles. The van der Waals surface area contributed by atoms with Crippen molar-refractivity contribution >= 4 is 27.7 Å². The van der Waals surface area contributed by atoms with Crippen LogP contribution in [-0.2, 0) is 0 Å². The molecule has 0 bridgehead atoms. The average molecular weight is 258 g/mol. The van der Waals surface area contributed by atoms with E-state index in [0.29, 0.717) is 0 Å². The summed E-state index contributed by atoms with van der Waals surface area (Å²) < 4.78 is 1.22. The average Bonchev–Trinajstić information content (AvgIpc) is 2.05. The van der Waals surface area contributed by atoms with Crippen LogP contribution in [0.3, 0.4) is 0 Å². The normalized spacial score (nSPS) is 17.0. The lowest BCUT2D eigenvalue weighted by Gasteiger charge is -2.26. The molecule has 1 heterocycles. The first-order valence-corrected chi connectivity index (χ1v) is 6.22. The van der Waals surface area contributed by atoms with Crippen molar-refractivity contribution in [3.05, 3.63) is 28.7 Å². The van der Waals surface area contributed by atoms with Gasteiger partial charge in [-0.2, -0.15) is 0 Å². The third-order valence-electron chi connectivity index (χ3n) is 2.18. The van der Waals surface area contributed by atoms with Gasteiger partial charge in [-0.25, -0.2) is 0 Å². The Balaban J connectivity index is 1.89. The fourth-order valence-electron chi connectivity index (χ4n) is 1.24. The molecule has 13 heavy (non-hydrogen) atoms. The maximum atomic E-state index is 3.55. The molecule has 0 aromatic heterocycles. The van der Waals surface area contributed by atoms with E-state index < -0.39 is 0 Å². The third kappa shape index (κ3) is 2.48. The van der Waals surface area contributed by atoms with E-state index in [2.05, 4.69) is 45.5 Å². The van der Waals surface area contributed by atoms with Crippen LogP contribution in [0, 0.1) is 5.92 Å². The summed E-state index contributed by atoms with van der Waals surface area (Å²) in [4.78, 5) is 1.36. The SMILES string of the molecule is Brc1ccccc1SCC1CNC1. The molecular formula is C10H12BrNS. The topological polar surface area (TPSA) is 12.0 Å². The van der Waals surface area contributed by atoms with Crippen LogP contribution in [0.5, 0.6) is 0 Å². The molecule has 1 fully saturated rings. The van der Waals surface area contributed by atoms with Crippen molar-refractivity contribution in [2.75, 3.05) is 18.8 Å². The van der Waals surface area contributed by atoms with Crippen molar-refractivity contribution in [2.45, 2.75) is 4.90 Å². The quantitative estimate of drug-likeness (QED) is 0.837. The van der Waals surface area contributed by atoms with Crippen molar-refractivity contribution in [1.82, 2.24) is 5.32 Å². The Morgan fingerprint density at radius 1 is 1.38 bits per heavy atom. The van der Waals surface area contributed by atoms with Crippen LogP contribution in [0.25, 0.3) is 0 Å². The van der Waals surface area contributed by atoms with Crippen LogP contribution in [0.15, 0.2) is 33.6 Å². The largest absolute Gasteiger partial charge is 0.316 e. The maximum absolute atomic E-state index is 3.55. The van der Waals surface area contributed by atoms with Gasteiger partial charge in [0.15, 0.2) is 0 Å². The van der Waals surface area contributed by atoms with Gasteiger partial charge >= 0.3 is 0 Å². The van der Waals surface area contributed by atoms with Gasteiger partial charge in [0.25, 0.3) is 0 Å². The Kier molecular flexibility index (Phi) is 3.30. The van der Waals surface area contributed by atoms with Crippen molar-refractivity contribution < 1.29 is 0 Å². The van der Waals surface area contributed by atoms with Crippen molar-refractivity contribution in [3.8, 4) is 0 Å². The minimum absolute atomic E-state index is 0.872. The Morgan fingerprint density at radius 2 is 2.15 bits per heavy atom. The highest BCUT2D eigenvalue weighted by atomic mass is 79.9. The van der Waals surface area contributed by atoms with Gasteiger partial charge in [-0.15, -0.1) is 11.8 Å². The van der Waals surface area contributed by atoms with Crippen LogP contribution < -0.4 is 5.32 Å². The van der Waals surface area contributed by atoms with E-state index in [0.717, 1.165) is 5.92 Å². The predicted octanol–water partition coefficient (Wildman–Crippen LogP) is 2.76. The second-order valence-corrected chi connectivity index (χ2v) is 5.18. The summed E-state index contributed by atoms with van der Waals surface area (Å²) in [5.41, 5.74) is 0. The van der Waals surface area contributed by atoms with Crippen LogP contribution in [0.2, 0.25) is 0 Å². The van der Waals surface area contributed by atoms with Crippen LogP contribution in [0.1, 0.15) is 0 Å². The van der Waals surface area contributed by atoms with E-state index in [1.54, 1.807) is 0 Å². The number of halogens is 1. The standard InChI is InChI=1S/C10H12BrNS/c11-9-3-1-2-4-10(9)13-7-8-5-12-6-8/h1-4,8,12H,5-7H2. The molecular weight excluding hydrogens is 246 g/mol. The lowest BCUT2D eigenvalue weighted by atomic mass is 10.1. The van der Waals surface area contributed by atoms with Gasteiger partial charge < -0.3 is 5.32 Å². The molecule has 0 atom stereocenters. The molecule has 1 aromatic carbocycles. The first-order valence-electron chi connectivity index (χ1n) is 4.44. The minimum atomic E-state index is 0.872. The number of nitrogens with one attached hydrogen (secondary N) is 1. The third-order valence-corrected chi connectivity index (χ3v) is 4.44. The highest BCUT2D eigenvalue weighted by Gasteiger charge is 2.16. The Bertz CT molecular complexity index is 286. The predicted molar refractivity (Wildman–Crippen MR) is 61.2 cm³/mol. The molecule has 1 aliphatic rings. The molecule has 0 spiro atoms. The van der Waals surface area contributed by atoms with Crippen LogP contribution in [0.4, 0.5) is 0 Å². The zero-order chi connectivity index (χ0) is 9.10. The zero-order valence-corrected chi connectivity index (χ0v) is 9.70. The summed E-state index contributed by atoms with van der Waals surface area (Å²) in [6, 6.07) is 8.41. The molecule has 1 nitrogen and oxygen atoms in total. The molecule has 3 heteroatoms. The highest BCUT2D eigenvalue weighted by molar-refractivity contribution is 9.10. The van der Waals surface area contributed by atoms with E-state index in [9.17, 15) is 0 Å². The zero-order valence-electron chi connectivity index (χ0n) is 7.29. The lowest BCUT2D eigenvalue weighted by Crippen LogP contribution is -2.43. The number of rotatable bonds is 3. The number of hydrogen-bond donors (Lipinski definition) is 1. The highest BCUT2D eigenvalue weighted by Crippen LogP contribution is 2.28. The molecule has 0 aliphatic carbocycles. The van der Waals surface area contributed by atoms with E-state index in [-0.39, 0.29) is 0 Å². The van der Waals surface area contributed by atoms with Gasteiger partial charge in [0.1, 0.15) is 0 Å². The molecule has 1 N–H and O–H groups in total. The minimum Gasteiger partial charge on any atom is -0.316 e. The molecule has 70 valence electrons. The second-order valence-electron chi connectivity index (χ2n) is 3.27. The van der Waals surface area contributed by atoms with Gasteiger partial charge in [0.2, 0.25) is 0 Å². The Morgan fingerprint density at radius 3 is 2.77 bits per heavy atom. The van der Waals surface area contributed by atoms with Gasteiger partial charge in [0, 0.05) is 15.1 Å². The first kappa shape index (κ1) is 9.56. The summed E-state index contributed by atoms with van der Waals surface area (Å²) >= 11 is 5.49. The lowest BCUT2D eigenvalue weighted by molar-refractivity contribution is 0.385. The van der Waals surface area contributed by atoms with E-state index >= 15 is 0 Å². The fourth-order valence-corrected chi connectivity index (χ4v) is 2.90. The van der Waals surface area contributed by atoms with Gasteiger partial charge in [-0.3, -0.25) is 0 Å². The van der Waals surface area contributed by atoms with Gasteiger partial charge in [0.05, 0.1) is 0 Å². The Hall–Kier alpha value is 0.01000. The Labute approximate surface area is 91.4 Å². The van der Waals surface area contributed by atoms with Crippen LogP contribution in [-0.4, -0.2) is 18.8 Å². The first-order chi connectivity index (χ1) is 6.36. The van der Waals surface area contributed by atoms with Crippen LogP contribution >= 0.6 is 27.7 Å². The fraction of sp³-hybridized carbons (Fsp3) is 0.400. The second kappa shape index (κ2) is 4.49. The van der Waals surface area contributed by atoms with Crippen molar-refractivity contribution in [2.24, 2.45) is 5.92 Å². The number of benzene rings is 1. The van der Waals surface area contributed by atoms with Crippen molar-refractivity contribution in [1.29, 1.82) is 0 Å². The summed E-state index contributed by atoms with van der Waals surface area (Å²) in [6.07, 6.45) is 0. The smallest absolute Gasteiger partial charge is 0.0311 e. The maximum Gasteiger partial charge on any atom is 0.0311 e. The number of thioether (sulfide) groups is 1. The summed E-state index contributed by atoms with van der Waals surface area (Å²) in [5, 5.41) is 3.29. The monoisotopic (exact) mass is 257 g/mol. The molecule has 0 amide bonds. The van der Waals surface area contributed by atoms with E-state index in [1.807, 2.05) is 11.8 Å². The molecule has 2 rings (SSSR count). The summed E-state index contributed by atoms with van der Waals surface area (Å²) in [5.74, 6) is 2.10. The van der Waals surface area contributed by atoms with Crippen molar-refractivity contribution in [3.63, 3.8) is 0 Å². The van der Waals surface area contributed by atoms with Gasteiger partial charge in [-0.05, 0) is 47.1 Å². The van der Waals surface area contributed by atoms with E-state index in [1.165, 1.54) is 28.2 Å². The molecule has 0 unspecified atom stereocenters. The van der Waals surface area contributed by atoms with E-state index in [4.69, 9.17) is 0 Å². The summed E-state index contributed by atoms with van der Waals surface area (Å²) in [6.45, 7) is 2.38. The molecule has 1 aromatic rings. The number of hydrogen-bond acceptors (Lipinski definition) is 2. The summed E-state index contributed by atoms with van der Waals surface area (Å²) in [7, 11) is 0. The van der Waals surface area contributed by atoms with Gasteiger partial charge in [-0.1, -0.05) is 12.1 Å². The molecule has 1 saturated heterocycles. The molecule has 0 radical (unpaired) electrons.